The van der Waals surface area contributed by atoms with E-state index in [1.165, 1.54) is 12.8 Å². The second kappa shape index (κ2) is 5.67. The molecule has 1 aliphatic carbocycles. The van der Waals surface area contributed by atoms with Crippen LogP contribution in [0.25, 0.3) is 0 Å². The Kier molecular flexibility index (Phi) is 3.98. The van der Waals surface area contributed by atoms with Crippen molar-refractivity contribution in [2.45, 2.75) is 45.2 Å². The molecular formula is C11H20N6. The van der Waals surface area contributed by atoms with Gasteiger partial charge in [0.25, 0.3) is 0 Å². The average molecular weight is 236 g/mol. The molecule has 0 atom stereocenters. The highest BCUT2D eigenvalue weighted by Crippen LogP contribution is 2.20. The van der Waals surface area contributed by atoms with E-state index in [0.717, 1.165) is 25.2 Å². The molecule has 1 aromatic rings. The van der Waals surface area contributed by atoms with E-state index in [1.807, 2.05) is 23.9 Å². The Morgan fingerprint density at radius 3 is 2.94 bits per heavy atom. The van der Waals surface area contributed by atoms with Crippen LogP contribution in [0.5, 0.6) is 0 Å². The highest BCUT2D eigenvalue weighted by atomic mass is 15.4. The van der Waals surface area contributed by atoms with E-state index < -0.39 is 0 Å². The van der Waals surface area contributed by atoms with Crippen LogP contribution in [0.3, 0.4) is 0 Å². The van der Waals surface area contributed by atoms with Crippen LogP contribution in [0.15, 0.2) is 17.3 Å². The molecule has 94 valence electrons. The summed E-state index contributed by atoms with van der Waals surface area (Å²) >= 11 is 0. The van der Waals surface area contributed by atoms with Crippen molar-refractivity contribution < 1.29 is 0 Å². The summed E-state index contributed by atoms with van der Waals surface area (Å²) in [6.45, 7) is 2.90. The monoisotopic (exact) mass is 236 g/mol. The van der Waals surface area contributed by atoms with E-state index in [0.29, 0.717) is 12.0 Å². The molecule has 1 saturated carbocycles. The summed E-state index contributed by atoms with van der Waals surface area (Å²) in [4.78, 5) is 4.54. The van der Waals surface area contributed by atoms with Crippen LogP contribution in [0, 0.1) is 0 Å². The summed E-state index contributed by atoms with van der Waals surface area (Å²) in [5.74, 6) is 6.82. The molecule has 1 aliphatic rings. The van der Waals surface area contributed by atoms with Crippen LogP contribution in [0.4, 0.5) is 5.82 Å². The lowest BCUT2D eigenvalue weighted by Crippen LogP contribution is -2.37. The van der Waals surface area contributed by atoms with Gasteiger partial charge in [-0.25, -0.2) is 10.8 Å². The van der Waals surface area contributed by atoms with Crippen molar-refractivity contribution in [2.24, 2.45) is 10.8 Å². The highest BCUT2D eigenvalue weighted by molar-refractivity contribution is 5.92. The number of hydrazine groups is 1. The first-order valence-electron chi connectivity index (χ1n) is 6.16. The van der Waals surface area contributed by atoms with E-state index in [2.05, 4.69) is 20.8 Å². The molecule has 0 saturated heterocycles. The van der Waals surface area contributed by atoms with Crippen molar-refractivity contribution in [1.82, 2.24) is 15.2 Å². The summed E-state index contributed by atoms with van der Waals surface area (Å²) in [7, 11) is 0. The van der Waals surface area contributed by atoms with Gasteiger partial charge >= 0.3 is 0 Å². The van der Waals surface area contributed by atoms with Gasteiger partial charge in [0.05, 0.1) is 6.04 Å². The number of nitrogens with two attached hydrogens (primary N) is 1. The molecule has 0 bridgehead atoms. The van der Waals surface area contributed by atoms with Gasteiger partial charge in [-0.15, -0.1) is 0 Å². The molecule has 1 fully saturated rings. The fraction of sp³-hybridized carbons (Fsp3) is 0.636. The lowest BCUT2D eigenvalue weighted by molar-refractivity contribution is 0.662. The molecule has 2 rings (SSSR count). The number of aliphatic imine (C=N–C) groups is 1. The number of hydrogen-bond acceptors (Lipinski definition) is 3. The maximum atomic E-state index is 5.46. The highest BCUT2D eigenvalue weighted by Gasteiger charge is 2.14. The van der Waals surface area contributed by atoms with Gasteiger partial charge in [-0.05, 0) is 19.8 Å². The topological polar surface area (TPSA) is 80.3 Å². The van der Waals surface area contributed by atoms with Gasteiger partial charge in [-0.2, -0.15) is 5.10 Å². The van der Waals surface area contributed by atoms with Crippen LogP contribution in [0.1, 0.15) is 32.6 Å². The SMILES string of the molecule is CCn1ccc(NC(=NC2CCCC2)NN)n1. The Balaban J connectivity index is 1.98. The number of aromatic nitrogens is 2. The molecule has 0 aliphatic heterocycles. The predicted molar refractivity (Wildman–Crippen MR) is 68.5 cm³/mol. The third kappa shape index (κ3) is 3.20. The minimum atomic E-state index is 0.391. The van der Waals surface area contributed by atoms with Gasteiger partial charge in [-0.3, -0.25) is 10.1 Å². The molecule has 17 heavy (non-hydrogen) atoms. The van der Waals surface area contributed by atoms with Crippen LogP contribution in [-0.2, 0) is 6.54 Å². The maximum absolute atomic E-state index is 5.46. The number of aryl methyl sites for hydroxylation is 1. The average Bonchev–Trinajstić information content (AvgIpc) is 2.99. The number of rotatable bonds is 3. The zero-order valence-electron chi connectivity index (χ0n) is 10.2. The molecule has 1 aromatic heterocycles. The van der Waals surface area contributed by atoms with E-state index >= 15 is 0 Å². The van der Waals surface area contributed by atoms with E-state index in [9.17, 15) is 0 Å². The molecule has 6 heteroatoms. The number of guanidine groups is 1. The first kappa shape index (κ1) is 11.9. The quantitative estimate of drug-likeness (QED) is 0.317. The maximum Gasteiger partial charge on any atom is 0.211 e. The number of nitrogens with one attached hydrogen (secondary N) is 2. The van der Waals surface area contributed by atoms with Gasteiger partial charge in [0, 0.05) is 18.8 Å². The van der Waals surface area contributed by atoms with Gasteiger partial charge in [0.1, 0.15) is 0 Å². The summed E-state index contributed by atoms with van der Waals surface area (Å²) < 4.78 is 1.85. The number of nitrogens with zero attached hydrogens (tertiary/aromatic N) is 3. The second-order valence-corrected chi connectivity index (χ2v) is 4.24. The number of anilines is 1. The molecular weight excluding hydrogens is 216 g/mol. The Labute approximate surface area is 101 Å². The summed E-state index contributed by atoms with van der Waals surface area (Å²) in [6.07, 6.45) is 6.74. The Hall–Kier alpha value is -1.56. The van der Waals surface area contributed by atoms with Crippen molar-refractivity contribution in [3.05, 3.63) is 12.3 Å². The fourth-order valence-corrected chi connectivity index (χ4v) is 2.05. The van der Waals surface area contributed by atoms with Crippen LogP contribution < -0.4 is 16.6 Å². The second-order valence-electron chi connectivity index (χ2n) is 4.24. The predicted octanol–water partition coefficient (Wildman–Crippen LogP) is 1.08. The Bertz CT molecular complexity index is 377. The summed E-state index contributed by atoms with van der Waals surface area (Å²) in [6, 6.07) is 2.30. The van der Waals surface area contributed by atoms with Crippen LogP contribution in [-0.4, -0.2) is 21.8 Å². The Morgan fingerprint density at radius 2 is 2.35 bits per heavy atom. The van der Waals surface area contributed by atoms with E-state index in [-0.39, 0.29) is 0 Å². The van der Waals surface area contributed by atoms with Gasteiger partial charge < -0.3 is 5.32 Å². The lowest BCUT2D eigenvalue weighted by Gasteiger charge is -2.09. The van der Waals surface area contributed by atoms with Gasteiger partial charge in [-0.1, -0.05) is 12.8 Å². The molecule has 0 radical (unpaired) electrons. The molecule has 1 heterocycles. The molecule has 0 spiro atoms. The van der Waals surface area contributed by atoms with Crippen molar-refractivity contribution in [1.29, 1.82) is 0 Å². The summed E-state index contributed by atoms with van der Waals surface area (Å²) in [5.41, 5.74) is 2.59. The third-order valence-electron chi connectivity index (χ3n) is 2.98. The number of hydrogen-bond donors (Lipinski definition) is 3. The standard InChI is InChI=1S/C11H20N6/c1-2-17-8-7-10(16-17)14-11(15-12)13-9-5-3-4-6-9/h7-9H,2-6,12H2,1H3,(H2,13,14,15,16). The van der Waals surface area contributed by atoms with Crippen molar-refractivity contribution in [2.75, 3.05) is 5.32 Å². The Morgan fingerprint density at radius 1 is 1.59 bits per heavy atom. The zero-order chi connectivity index (χ0) is 12.1. The lowest BCUT2D eigenvalue weighted by atomic mass is 10.3. The normalized spacial score (nSPS) is 17.4. The van der Waals surface area contributed by atoms with E-state index in [1.54, 1.807) is 0 Å². The van der Waals surface area contributed by atoms with Crippen molar-refractivity contribution in [3.8, 4) is 0 Å². The molecule has 6 nitrogen and oxygen atoms in total. The van der Waals surface area contributed by atoms with Gasteiger partial charge in [0.2, 0.25) is 5.96 Å². The molecule has 0 unspecified atom stereocenters. The van der Waals surface area contributed by atoms with Crippen LogP contribution in [0.2, 0.25) is 0 Å². The molecule has 0 amide bonds. The minimum Gasteiger partial charge on any atom is -0.308 e. The van der Waals surface area contributed by atoms with Crippen LogP contribution >= 0.6 is 0 Å². The first-order chi connectivity index (χ1) is 8.31. The molecule has 4 N–H and O–H groups in total. The third-order valence-corrected chi connectivity index (χ3v) is 2.98. The minimum absolute atomic E-state index is 0.391. The summed E-state index contributed by atoms with van der Waals surface area (Å²) in [5, 5.41) is 7.41. The largest absolute Gasteiger partial charge is 0.308 e. The fourth-order valence-electron chi connectivity index (χ4n) is 2.05. The van der Waals surface area contributed by atoms with Crippen molar-refractivity contribution in [3.63, 3.8) is 0 Å². The van der Waals surface area contributed by atoms with Gasteiger partial charge in [0.15, 0.2) is 5.82 Å². The molecule has 0 aromatic carbocycles. The van der Waals surface area contributed by atoms with Crippen molar-refractivity contribution >= 4 is 11.8 Å². The smallest absolute Gasteiger partial charge is 0.211 e. The first-order valence-corrected chi connectivity index (χ1v) is 6.16. The van der Waals surface area contributed by atoms with E-state index in [4.69, 9.17) is 5.84 Å². The zero-order valence-corrected chi connectivity index (χ0v) is 10.2.